The molecule has 0 aliphatic heterocycles. The summed E-state index contributed by atoms with van der Waals surface area (Å²) >= 11 is 0. The number of nitrogens with zero attached hydrogens (tertiary/aromatic N) is 5. The smallest absolute Gasteiger partial charge is 0.353 e. The SMILES string of the molecule is CCCCN(C)c1ncnc(Nc2cccc([N+](=O)[O-])c2)c1[N+](=O)[O-]. The van der Waals surface area contributed by atoms with E-state index < -0.39 is 9.85 Å². The third-order valence-electron chi connectivity index (χ3n) is 3.51. The lowest BCUT2D eigenvalue weighted by atomic mass is 10.2. The molecule has 0 aliphatic rings. The van der Waals surface area contributed by atoms with Crippen molar-refractivity contribution in [3.8, 4) is 0 Å². The number of nitro benzene ring substituents is 1. The third kappa shape index (κ3) is 4.37. The van der Waals surface area contributed by atoms with Gasteiger partial charge in [-0.3, -0.25) is 20.2 Å². The highest BCUT2D eigenvalue weighted by atomic mass is 16.6. The van der Waals surface area contributed by atoms with Crippen molar-refractivity contribution in [3.05, 3.63) is 50.8 Å². The minimum absolute atomic E-state index is 0.0150. The molecule has 132 valence electrons. The first-order chi connectivity index (χ1) is 11.9. The highest BCUT2D eigenvalue weighted by Gasteiger charge is 2.25. The number of rotatable bonds is 8. The molecule has 0 aliphatic carbocycles. The van der Waals surface area contributed by atoms with Gasteiger partial charge < -0.3 is 10.2 Å². The first-order valence-electron chi connectivity index (χ1n) is 7.66. The average molecular weight is 346 g/mol. The van der Waals surface area contributed by atoms with Gasteiger partial charge in [0.1, 0.15) is 6.33 Å². The van der Waals surface area contributed by atoms with Crippen LogP contribution in [0.2, 0.25) is 0 Å². The van der Waals surface area contributed by atoms with Crippen LogP contribution in [0.5, 0.6) is 0 Å². The first kappa shape index (κ1) is 18.0. The molecule has 0 atom stereocenters. The van der Waals surface area contributed by atoms with Crippen LogP contribution >= 0.6 is 0 Å². The number of anilines is 3. The van der Waals surface area contributed by atoms with E-state index in [4.69, 9.17) is 0 Å². The van der Waals surface area contributed by atoms with Crippen molar-refractivity contribution in [2.75, 3.05) is 23.8 Å². The van der Waals surface area contributed by atoms with E-state index in [1.807, 2.05) is 6.92 Å². The molecule has 10 nitrogen and oxygen atoms in total. The van der Waals surface area contributed by atoms with Gasteiger partial charge in [-0.1, -0.05) is 19.4 Å². The molecule has 1 aromatic carbocycles. The van der Waals surface area contributed by atoms with Crippen LogP contribution in [0.1, 0.15) is 19.8 Å². The highest BCUT2D eigenvalue weighted by molar-refractivity contribution is 5.74. The molecule has 10 heteroatoms. The Labute approximate surface area is 143 Å². The van der Waals surface area contributed by atoms with E-state index in [0.717, 1.165) is 12.8 Å². The van der Waals surface area contributed by atoms with Gasteiger partial charge in [0.2, 0.25) is 11.6 Å². The van der Waals surface area contributed by atoms with Crippen LogP contribution in [0.4, 0.5) is 28.7 Å². The number of nitro groups is 2. The van der Waals surface area contributed by atoms with Gasteiger partial charge in [0.05, 0.1) is 9.85 Å². The Balaban J connectivity index is 2.39. The number of benzene rings is 1. The van der Waals surface area contributed by atoms with Gasteiger partial charge in [0.15, 0.2) is 0 Å². The van der Waals surface area contributed by atoms with Crippen LogP contribution in [0.25, 0.3) is 0 Å². The molecule has 25 heavy (non-hydrogen) atoms. The Morgan fingerprint density at radius 2 is 1.96 bits per heavy atom. The lowest BCUT2D eigenvalue weighted by molar-refractivity contribution is -0.384. The van der Waals surface area contributed by atoms with Crippen LogP contribution in [-0.4, -0.2) is 33.4 Å². The minimum Gasteiger partial charge on any atom is -0.354 e. The maximum absolute atomic E-state index is 11.5. The van der Waals surface area contributed by atoms with Gasteiger partial charge in [-0.05, 0) is 12.5 Å². The van der Waals surface area contributed by atoms with Gasteiger partial charge in [-0.25, -0.2) is 9.97 Å². The normalized spacial score (nSPS) is 10.3. The molecular weight excluding hydrogens is 328 g/mol. The zero-order valence-electron chi connectivity index (χ0n) is 13.9. The van der Waals surface area contributed by atoms with E-state index in [9.17, 15) is 20.2 Å². The molecule has 0 saturated carbocycles. The quantitative estimate of drug-likeness (QED) is 0.570. The van der Waals surface area contributed by atoms with Crippen molar-refractivity contribution in [3.63, 3.8) is 0 Å². The van der Waals surface area contributed by atoms with Crippen molar-refractivity contribution in [1.29, 1.82) is 0 Å². The molecule has 0 amide bonds. The Morgan fingerprint density at radius 1 is 1.20 bits per heavy atom. The Hall–Kier alpha value is -3.30. The summed E-state index contributed by atoms with van der Waals surface area (Å²) in [5.41, 5.74) is -0.0623. The van der Waals surface area contributed by atoms with Gasteiger partial charge in [0.25, 0.3) is 5.69 Å². The molecule has 1 N–H and O–H groups in total. The Morgan fingerprint density at radius 3 is 2.60 bits per heavy atom. The molecule has 0 radical (unpaired) electrons. The maximum atomic E-state index is 11.5. The van der Waals surface area contributed by atoms with Crippen molar-refractivity contribution in [2.45, 2.75) is 19.8 Å². The molecule has 0 unspecified atom stereocenters. The van der Waals surface area contributed by atoms with E-state index in [1.54, 1.807) is 18.0 Å². The summed E-state index contributed by atoms with van der Waals surface area (Å²) in [6, 6.07) is 5.68. The lowest BCUT2D eigenvalue weighted by Gasteiger charge is -2.18. The molecule has 0 fully saturated rings. The van der Waals surface area contributed by atoms with Crippen molar-refractivity contribution >= 4 is 28.7 Å². The number of hydrogen-bond donors (Lipinski definition) is 1. The maximum Gasteiger partial charge on any atom is 0.353 e. The van der Waals surface area contributed by atoms with Gasteiger partial charge >= 0.3 is 5.69 Å². The molecule has 1 heterocycles. The summed E-state index contributed by atoms with van der Waals surface area (Å²) in [5.74, 6) is 0.181. The number of hydrogen-bond acceptors (Lipinski definition) is 8. The summed E-state index contributed by atoms with van der Waals surface area (Å²) in [7, 11) is 1.72. The second kappa shape index (κ2) is 7.99. The second-order valence-electron chi connectivity index (χ2n) is 5.36. The number of non-ortho nitro benzene ring substituents is 1. The zero-order chi connectivity index (χ0) is 18.4. The lowest BCUT2D eigenvalue weighted by Crippen LogP contribution is -2.21. The molecular formula is C15H18N6O4. The van der Waals surface area contributed by atoms with Gasteiger partial charge in [-0.15, -0.1) is 0 Å². The van der Waals surface area contributed by atoms with Crippen LogP contribution in [0.3, 0.4) is 0 Å². The number of unbranched alkanes of at least 4 members (excludes halogenated alkanes) is 1. The minimum atomic E-state index is -0.558. The van der Waals surface area contributed by atoms with E-state index in [-0.39, 0.29) is 23.0 Å². The fourth-order valence-corrected chi connectivity index (χ4v) is 2.24. The molecule has 2 aromatic rings. The fraction of sp³-hybridized carbons (Fsp3) is 0.333. The largest absolute Gasteiger partial charge is 0.354 e. The Kier molecular flexibility index (Phi) is 5.77. The highest BCUT2D eigenvalue weighted by Crippen LogP contribution is 2.33. The second-order valence-corrected chi connectivity index (χ2v) is 5.36. The predicted molar refractivity (Wildman–Crippen MR) is 93.2 cm³/mol. The van der Waals surface area contributed by atoms with Crippen LogP contribution in [0.15, 0.2) is 30.6 Å². The summed E-state index contributed by atoms with van der Waals surface area (Å²) in [6.07, 6.45) is 3.04. The van der Waals surface area contributed by atoms with Gasteiger partial charge in [0, 0.05) is 31.4 Å². The van der Waals surface area contributed by atoms with Gasteiger partial charge in [-0.2, -0.15) is 0 Å². The van der Waals surface area contributed by atoms with E-state index in [2.05, 4.69) is 15.3 Å². The van der Waals surface area contributed by atoms with Crippen LogP contribution in [-0.2, 0) is 0 Å². The molecule has 1 aromatic heterocycles. The molecule has 0 spiro atoms. The number of nitrogens with one attached hydrogen (secondary N) is 1. The molecule has 2 rings (SSSR count). The first-order valence-corrected chi connectivity index (χ1v) is 7.66. The van der Waals surface area contributed by atoms with E-state index in [0.29, 0.717) is 12.2 Å². The summed E-state index contributed by atoms with van der Waals surface area (Å²) in [4.78, 5) is 31.0. The third-order valence-corrected chi connectivity index (χ3v) is 3.51. The zero-order valence-corrected chi connectivity index (χ0v) is 13.9. The van der Waals surface area contributed by atoms with Crippen molar-refractivity contribution < 1.29 is 9.85 Å². The standard InChI is InChI=1S/C15H18N6O4/c1-3-4-8-19(2)15-13(21(24)25)14(16-10-17-15)18-11-6-5-7-12(9-11)20(22)23/h5-7,9-10H,3-4,8H2,1-2H3,(H,16,17,18). The van der Waals surface area contributed by atoms with Crippen molar-refractivity contribution in [2.24, 2.45) is 0 Å². The average Bonchev–Trinajstić information content (AvgIpc) is 2.59. The topological polar surface area (TPSA) is 127 Å². The summed E-state index contributed by atoms with van der Waals surface area (Å²) in [5, 5.41) is 25.2. The Bertz CT molecular complexity index is 782. The van der Waals surface area contributed by atoms with Crippen molar-refractivity contribution in [1.82, 2.24) is 9.97 Å². The molecule has 0 bridgehead atoms. The van der Waals surface area contributed by atoms with Crippen LogP contribution in [0, 0.1) is 20.2 Å². The monoisotopic (exact) mass is 346 g/mol. The fourth-order valence-electron chi connectivity index (χ4n) is 2.24. The summed E-state index contributed by atoms with van der Waals surface area (Å²) in [6.45, 7) is 2.64. The van der Waals surface area contributed by atoms with Crippen LogP contribution < -0.4 is 10.2 Å². The summed E-state index contributed by atoms with van der Waals surface area (Å²) < 4.78 is 0. The predicted octanol–water partition coefficient (Wildman–Crippen LogP) is 3.27. The number of aromatic nitrogens is 2. The molecule has 0 saturated heterocycles. The van der Waals surface area contributed by atoms with E-state index in [1.165, 1.54) is 24.5 Å². The van der Waals surface area contributed by atoms with E-state index >= 15 is 0 Å².